The SMILES string of the molecule is CC(C)(C)OC(=O)n1cc(CC(NC(=O)OCC2c3ccccc3-c3ccccc32)C(=O)O)c2cc(O)ccc21. The van der Waals surface area contributed by atoms with Crippen molar-refractivity contribution in [2.24, 2.45) is 0 Å². The second-order valence-corrected chi connectivity index (χ2v) is 10.8. The van der Waals surface area contributed by atoms with Crippen molar-refractivity contribution >= 4 is 29.1 Å². The molecule has 1 aromatic heterocycles. The minimum atomic E-state index is -1.35. The molecule has 0 spiro atoms. The predicted molar refractivity (Wildman–Crippen MR) is 149 cm³/mol. The van der Waals surface area contributed by atoms with Crippen LogP contribution in [-0.2, 0) is 20.7 Å². The molecule has 0 saturated carbocycles. The van der Waals surface area contributed by atoms with Crippen molar-refractivity contribution in [2.75, 3.05) is 6.61 Å². The van der Waals surface area contributed by atoms with Crippen molar-refractivity contribution in [2.45, 2.75) is 44.8 Å². The Balaban J connectivity index is 1.33. The third-order valence-corrected chi connectivity index (χ3v) is 6.82. The number of phenolic OH excluding ortho intramolecular Hbond substituents is 1. The summed E-state index contributed by atoms with van der Waals surface area (Å²) in [7, 11) is 0. The summed E-state index contributed by atoms with van der Waals surface area (Å²) in [5, 5.41) is 22.9. The molecule has 0 radical (unpaired) electrons. The largest absolute Gasteiger partial charge is 0.508 e. The van der Waals surface area contributed by atoms with Gasteiger partial charge in [-0.05, 0) is 66.8 Å². The number of nitrogens with one attached hydrogen (secondary N) is 1. The molecule has 1 amide bonds. The number of aliphatic carboxylic acids is 1. The first kappa shape index (κ1) is 26.8. The number of aromatic hydroxyl groups is 1. The van der Waals surface area contributed by atoms with Crippen LogP contribution in [0.3, 0.4) is 0 Å². The van der Waals surface area contributed by atoms with Crippen LogP contribution in [0.15, 0.2) is 72.9 Å². The molecule has 3 aromatic carbocycles. The van der Waals surface area contributed by atoms with Gasteiger partial charge in [-0.25, -0.2) is 14.4 Å². The van der Waals surface area contributed by atoms with E-state index in [4.69, 9.17) is 9.47 Å². The smallest absolute Gasteiger partial charge is 0.419 e. The van der Waals surface area contributed by atoms with E-state index in [1.807, 2.05) is 48.5 Å². The maximum Gasteiger partial charge on any atom is 0.419 e. The molecule has 5 rings (SSSR count). The van der Waals surface area contributed by atoms with Gasteiger partial charge in [-0.2, -0.15) is 0 Å². The number of rotatable bonds is 6. The third kappa shape index (κ3) is 5.36. The van der Waals surface area contributed by atoms with Crippen molar-refractivity contribution in [1.29, 1.82) is 0 Å². The molecule has 1 aliphatic rings. The molecule has 1 unspecified atom stereocenters. The number of ether oxygens (including phenoxy) is 2. The van der Waals surface area contributed by atoms with Crippen LogP contribution in [0, 0.1) is 0 Å². The first-order chi connectivity index (χ1) is 19.0. The number of carboxylic acid groups (broad SMARTS) is 1. The molecule has 0 bridgehead atoms. The monoisotopic (exact) mass is 542 g/mol. The molecule has 0 saturated heterocycles. The van der Waals surface area contributed by atoms with Crippen molar-refractivity contribution in [3.05, 3.63) is 89.6 Å². The highest BCUT2D eigenvalue weighted by Gasteiger charge is 2.30. The van der Waals surface area contributed by atoms with Gasteiger partial charge in [0, 0.05) is 23.9 Å². The Hall–Kier alpha value is -4.79. The van der Waals surface area contributed by atoms with Crippen LogP contribution in [0.1, 0.15) is 43.4 Å². The van der Waals surface area contributed by atoms with Gasteiger partial charge in [-0.3, -0.25) is 4.57 Å². The Morgan fingerprint density at radius 2 is 1.60 bits per heavy atom. The van der Waals surface area contributed by atoms with E-state index >= 15 is 0 Å². The van der Waals surface area contributed by atoms with Crippen LogP contribution in [0.25, 0.3) is 22.0 Å². The molecule has 206 valence electrons. The van der Waals surface area contributed by atoms with Gasteiger partial charge in [0.05, 0.1) is 5.52 Å². The Morgan fingerprint density at radius 3 is 2.20 bits per heavy atom. The number of fused-ring (bicyclic) bond motifs is 4. The van der Waals surface area contributed by atoms with Crippen LogP contribution in [-0.4, -0.2) is 51.2 Å². The summed E-state index contributed by atoms with van der Waals surface area (Å²) in [5.41, 5.74) is 4.37. The fraction of sp³-hybridized carbons (Fsp3) is 0.258. The third-order valence-electron chi connectivity index (χ3n) is 6.82. The number of phenols is 1. The highest BCUT2D eigenvalue weighted by molar-refractivity contribution is 5.93. The number of aromatic nitrogens is 1. The topological polar surface area (TPSA) is 127 Å². The van der Waals surface area contributed by atoms with E-state index in [-0.39, 0.29) is 24.7 Å². The molecule has 0 aliphatic heterocycles. The Bertz CT molecular complexity index is 1570. The molecule has 1 heterocycles. The number of hydrogen-bond acceptors (Lipinski definition) is 6. The summed E-state index contributed by atoms with van der Waals surface area (Å²) in [4.78, 5) is 37.8. The van der Waals surface area contributed by atoms with E-state index in [0.29, 0.717) is 16.5 Å². The van der Waals surface area contributed by atoms with E-state index in [0.717, 1.165) is 22.3 Å². The van der Waals surface area contributed by atoms with E-state index < -0.39 is 29.8 Å². The number of carboxylic acids is 1. The lowest BCUT2D eigenvalue weighted by Crippen LogP contribution is -2.42. The zero-order valence-corrected chi connectivity index (χ0v) is 22.4. The Labute approximate surface area is 231 Å². The summed E-state index contributed by atoms with van der Waals surface area (Å²) < 4.78 is 12.3. The van der Waals surface area contributed by atoms with Crippen molar-refractivity contribution in [3.8, 4) is 16.9 Å². The Kier molecular flexibility index (Phi) is 6.97. The average molecular weight is 543 g/mol. The van der Waals surface area contributed by atoms with Gasteiger partial charge < -0.3 is 25.0 Å². The molecule has 9 heteroatoms. The number of amides is 1. The lowest BCUT2D eigenvalue weighted by Gasteiger charge is -2.19. The molecular formula is C31H30N2O7. The second-order valence-electron chi connectivity index (χ2n) is 10.8. The maximum atomic E-state index is 12.8. The number of carbonyl (C=O) groups is 3. The van der Waals surface area contributed by atoms with Crippen LogP contribution in [0.2, 0.25) is 0 Å². The zero-order chi connectivity index (χ0) is 28.6. The molecule has 9 nitrogen and oxygen atoms in total. The van der Waals surface area contributed by atoms with Gasteiger partial charge in [0.25, 0.3) is 0 Å². The summed E-state index contributed by atoms with van der Waals surface area (Å²) >= 11 is 0. The number of nitrogens with zero attached hydrogens (tertiary/aromatic N) is 1. The molecular weight excluding hydrogens is 512 g/mol. The quantitative estimate of drug-likeness (QED) is 0.287. The van der Waals surface area contributed by atoms with Gasteiger partial charge in [0.15, 0.2) is 0 Å². The van der Waals surface area contributed by atoms with E-state index in [9.17, 15) is 24.6 Å². The van der Waals surface area contributed by atoms with Gasteiger partial charge in [-0.1, -0.05) is 48.5 Å². The fourth-order valence-electron chi connectivity index (χ4n) is 5.11. The highest BCUT2D eigenvalue weighted by atomic mass is 16.6. The molecule has 4 aromatic rings. The molecule has 1 atom stereocenters. The minimum absolute atomic E-state index is 0.0397. The summed E-state index contributed by atoms with van der Waals surface area (Å²) in [5.74, 6) is -1.49. The van der Waals surface area contributed by atoms with Gasteiger partial charge in [0.2, 0.25) is 0 Å². The van der Waals surface area contributed by atoms with Crippen molar-refractivity contribution in [3.63, 3.8) is 0 Å². The van der Waals surface area contributed by atoms with Crippen molar-refractivity contribution < 1.29 is 34.1 Å². The maximum absolute atomic E-state index is 12.8. The van der Waals surface area contributed by atoms with Crippen LogP contribution in [0.4, 0.5) is 9.59 Å². The summed E-state index contributed by atoms with van der Waals surface area (Å²) in [6.07, 6.45) is -0.207. The first-order valence-corrected chi connectivity index (χ1v) is 12.9. The summed E-state index contributed by atoms with van der Waals surface area (Å²) in [6, 6.07) is 18.9. The number of carbonyl (C=O) groups excluding carboxylic acids is 2. The first-order valence-electron chi connectivity index (χ1n) is 12.9. The summed E-state index contributed by atoms with van der Waals surface area (Å²) in [6.45, 7) is 5.25. The predicted octanol–water partition coefficient (Wildman–Crippen LogP) is 5.66. The second kappa shape index (κ2) is 10.4. The molecule has 1 aliphatic carbocycles. The normalized spacial score (nSPS) is 13.4. The Morgan fingerprint density at radius 1 is 0.975 bits per heavy atom. The fourth-order valence-corrected chi connectivity index (χ4v) is 5.11. The van der Waals surface area contributed by atoms with Gasteiger partial charge in [0.1, 0.15) is 24.0 Å². The van der Waals surface area contributed by atoms with Gasteiger partial charge >= 0.3 is 18.2 Å². The van der Waals surface area contributed by atoms with E-state index in [2.05, 4.69) is 5.32 Å². The van der Waals surface area contributed by atoms with Gasteiger partial charge in [-0.15, -0.1) is 0 Å². The lowest BCUT2D eigenvalue weighted by atomic mass is 9.98. The lowest BCUT2D eigenvalue weighted by molar-refractivity contribution is -0.139. The number of alkyl carbamates (subject to hydrolysis) is 1. The molecule has 0 fully saturated rings. The van der Waals surface area contributed by atoms with Crippen LogP contribution < -0.4 is 5.32 Å². The number of hydrogen-bond donors (Lipinski definition) is 3. The number of benzene rings is 3. The van der Waals surface area contributed by atoms with Crippen molar-refractivity contribution in [1.82, 2.24) is 9.88 Å². The molecule has 3 N–H and O–H groups in total. The molecule has 40 heavy (non-hydrogen) atoms. The van der Waals surface area contributed by atoms with Crippen LogP contribution >= 0.6 is 0 Å². The van der Waals surface area contributed by atoms with E-state index in [1.54, 1.807) is 26.8 Å². The van der Waals surface area contributed by atoms with E-state index in [1.165, 1.54) is 22.9 Å². The minimum Gasteiger partial charge on any atom is -0.508 e. The average Bonchev–Trinajstić information content (AvgIpc) is 3.41. The standard InChI is InChI=1S/C31H30N2O7/c1-31(2,3)40-30(38)33-16-18(24-15-19(34)12-13-27(24)33)14-26(28(35)36)32-29(37)39-17-25-22-10-6-4-8-20(22)21-9-5-7-11-23(21)25/h4-13,15-16,25-26,34H,14,17H2,1-3H3,(H,32,37)(H,35,36). The zero-order valence-electron chi connectivity index (χ0n) is 22.4. The van der Waals surface area contributed by atoms with Crippen LogP contribution in [0.5, 0.6) is 5.75 Å². The highest BCUT2D eigenvalue weighted by Crippen LogP contribution is 2.44.